The molecule has 0 radical (unpaired) electrons. The van der Waals surface area contributed by atoms with Crippen molar-refractivity contribution in [2.24, 2.45) is 52.3 Å². The van der Waals surface area contributed by atoms with Gasteiger partial charge in [0.1, 0.15) is 0 Å². The zero-order valence-corrected chi connectivity index (χ0v) is 20.8. The predicted octanol–water partition coefficient (Wildman–Crippen LogP) is 6.83. The van der Waals surface area contributed by atoms with Crippen molar-refractivity contribution in [1.82, 2.24) is 0 Å². The summed E-state index contributed by atoms with van der Waals surface area (Å²) in [4.78, 5) is 0. The van der Waals surface area contributed by atoms with Crippen LogP contribution < -0.4 is 0 Å². The third kappa shape index (κ3) is 3.42. The van der Waals surface area contributed by atoms with Crippen molar-refractivity contribution in [3.05, 3.63) is 0 Å². The topological polar surface area (TPSA) is 40.5 Å². The first-order chi connectivity index (χ1) is 14.0. The molecule has 30 heavy (non-hydrogen) atoms. The lowest BCUT2D eigenvalue weighted by molar-refractivity contribution is -0.244. The molecule has 4 fully saturated rings. The van der Waals surface area contributed by atoms with Crippen molar-refractivity contribution in [1.29, 1.82) is 0 Å². The first kappa shape index (κ1) is 23.1. The van der Waals surface area contributed by atoms with E-state index in [-0.39, 0.29) is 11.5 Å². The number of hydrogen-bond donors (Lipinski definition) is 2. The zero-order chi connectivity index (χ0) is 21.9. The Bertz CT molecular complexity index is 616. The number of rotatable bonds is 5. The highest BCUT2D eigenvalue weighted by Gasteiger charge is 2.66. The second-order valence-electron chi connectivity index (χ2n) is 13.3. The molecule has 174 valence electrons. The molecule has 0 saturated heterocycles. The van der Waals surface area contributed by atoms with Crippen molar-refractivity contribution in [3.63, 3.8) is 0 Å². The van der Waals surface area contributed by atoms with Crippen molar-refractivity contribution < 1.29 is 10.2 Å². The summed E-state index contributed by atoms with van der Waals surface area (Å²) in [6.45, 7) is 14.6. The number of aliphatic hydroxyl groups is 2. The summed E-state index contributed by atoms with van der Waals surface area (Å²) in [6, 6.07) is 0. The van der Waals surface area contributed by atoms with Crippen LogP contribution in [0.25, 0.3) is 0 Å². The maximum absolute atomic E-state index is 11.9. The van der Waals surface area contributed by atoms with Crippen LogP contribution in [0.1, 0.15) is 112 Å². The predicted molar refractivity (Wildman–Crippen MR) is 125 cm³/mol. The molecule has 4 aliphatic carbocycles. The molecule has 2 N–H and O–H groups in total. The molecule has 0 amide bonds. The highest BCUT2D eigenvalue weighted by molar-refractivity contribution is 5.16. The summed E-state index contributed by atoms with van der Waals surface area (Å²) in [7, 11) is 0. The molecule has 0 unspecified atom stereocenters. The Morgan fingerprint density at radius 1 is 0.933 bits per heavy atom. The van der Waals surface area contributed by atoms with E-state index in [1.807, 2.05) is 0 Å². The van der Waals surface area contributed by atoms with Gasteiger partial charge in [0, 0.05) is 6.42 Å². The molecule has 0 heterocycles. The fourth-order valence-corrected chi connectivity index (χ4v) is 9.68. The van der Waals surface area contributed by atoms with Crippen LogP contribution in [0.2, 0.25) is 0 Å². The summed E-state index contributed by atoms with van der Waals surface area (Å²) in [5.41, 5.74) is -0.156. The van der Waals surface area contributed by atoms with Gasteiger partial charge < -0.3 is 10.2 Å². The van der Waals surface area contributed by atoms with E-state index >= 15 is 0 Å². The molecule has 0 aromatic carbocycles. The summed E-state index contributed by atoms with van der Waals surface area (Å²) in [6.07, 6.45) is 13.1. The van der Waals surface area contributed by atoms with Gasteiger partial charge in [0.2, 0.25) is 0 Å². The highest BCUT2D eigenvalue weighted by atomic mass is 16.3. The van der Waals surface area contributed by atoms with E-state index in [2.05, 4.69) is 41.5 Å². The third-order valence-corrected chi connectivity index (χ3v) is 11.4. The molecule has 4 saturated carbocycles. The fourth-order valence-electron chi connectivity index (χ4n) is 9.68. The van der Waals surface area contributed by atoms with Crippen molar-refractivity contribution in [2.75, 3.05) is 0 Å². The van der Waals surface area contributed by atoms with Gasteiger partial charge >= 0.3 is 0 Å². The first-order valence-corrected chi connectivity index (χ1v) is 13.4. The number of hydrogen-bond acceptors (Lipinski definition) is 2. The molecule has 0 aromatic rings. The van der Waals surface area contributed by atoms with E-state index in [1.165, 1.54) is 51.4 Å². The van der Waals surface area contributed by atoms with Gasteiger partial charge in [0.05, 0.1) is 11.7 Å². The van der Waals surface area contributed by atoms with Gasteiger partial charge in [0.15, 0.2) is 0 Å². The summed E-state index contributed by atoms with van der Waals surface area (Å²) >= 11 is 0. The second kappa shape index (κ2) is 8.05. The average molecular weight is 419 g/mol. The summed E-state index contributed by atoms with van der Waals surface area (Å²) in [5.74, 6) is 5.18. The molecule has 10 atom stereocenters. The van der Waals surface area contributed by atoms with Crippen LogP contribution in [0.4, 0.5) is 0 Å². The Balaban J connectivity index is 1.53. The van der Waals surface area contributed by atoms with Gasteiger partial charge in [-0.15, -0.1) is 0 Å². The van der Waals surface area contributed by atoms with Crippen LogP contribution >= 0.6 is 0 Å². The molecule has 0 spiro atoms. The SMILES string of the molecule is CC(C)CCC[C@@H](C)[C@H]1CC[C@H]2[C@@H]3C[C@@H](C)[C@@]4(O)C[C@@H](O)CC[C@]4(C)[C@H]3CC[C@]12C. The van der Waals surface area contributed by atoms with Crippen LogP contribution in [0, 0.1) is 52.3 Å². The van der Waals surface area contributed by atoms with Gasteiger partial charge in [-0.2, -0.15) is 0 Å². The van der Waals surface area contributed by atoms with E-state index in [1.54, 1.807) is 0 Å². The Morgan fingerprint density at radius 2 is 1.67 bits per heavy atom. The van der Waals surface area contributed by atoms with Gasteiger partial charge in [-0.05, 0) is 97.2 Å². The van der Waals surface area contributed by atoms with E-state index < -0.39 is 5.60 Å². The standard InChI is InChI=1S/C28H50O2/c1-18(2)8-7-9-19(3)23-10-11-24-22-16-20(4)28(30)17-21(29)12-15-27(28,6)25(22)13-14-26(23,24)5/h18-25,29-30H,7-17H2,1-6H3/t19-,20-,21+,22+,23-,24+,25+,26-,27-,28+/m1/s1. The smallest absolute Gasteiger partial charge is 0.0753 e. The van der Waals surface area contributed by atoms with Gasteiger partial charge in [-0.1, -0.05) is 60.8 Å². The molecular weight excluding hydrogens is 368 g/mol. The van der Waals surface area contributed by atoms with Gasteiger partial charge in [-0.3, -0.25) is 0 Å². The lowest BCUT2D eigenvalue weighted by Crippen LogP contribution is -2.66. The molecule has 2 nitrogen and oxygen atoms in total. The van der Waals surface area contributed by atoms with E-state index in [0.717, 1.165) is 42.4 Å². The normalized spacial score (nSPS) is 51.9. The Kier molecular flexibility index (Phi) is 6.20. The zero-order valence-electron chi connectivity index (χ0n) is 20.8. The summed E-state index contributed by atoms with van der Waals surface area (Å²) < 4.78 is 0. The molecular formula is C28H50O2. The van der Waals surface area contributed by atoms with Gasteiger partial charge in [0.25, 0.3) is 0 Å². The van der Waals surface area contributed by atoms with Crippen LogP contribution in [-0.4, -0.2) is 21.9 Å². The molecule has 0 bridgehead atoms. The van der Waals surface area contributed by atoms with E-state index in [9.17, 15) is 10.2 Å². The second-order valence-corrected chi connectivity index (χ2v) is 13.3. The van der Waals surface area contributed by atoms with Crippen LogP contribution in [0.3, 0.4) is 0 Å². The molecule has 4 rings (SSSR count). The number of aliphatic hydroxyl groups excluding tert-OH is 1. The first-order valence-electron chi connectivity index (χ1n) is 13.4. The van der Waals surface area contributed by atoms with E-state index in [4.69, 9.17) is 0 Å². The Hall–Kier alpha value is -0.0800. The minimum atomic E-state index is -0.665. The lowest BCUT2D eigenvalue weighted by atomic mass is 9.41. The largest absolute Gasteiger partial charge is 0.393 e. The minimum absolute atomic E-state index is 0.00311. The highest BCUT2D eigenvalue weighted by Crippen LogP contribution is 2.70. The third-order valence-electron chi connectivity index (χ3n) is 11.4. The van der Waals surface area contributed by atoms with Crippen molar-refractivity contribution in [3.8, 4) is 0 Å². The monoisotopic (exact) mass is 418 g/mol. The van der Waals surface area contributed by atoms with Crippen molar-refractivity contribution >= 4 is 0 Å². The molecule has 4 aliphatic rings. The fraction of sp³-hybridized carbons (Fsp3) is 1.00. The summed E-state index contributed by atoms with van der Waals surface area (Å²) in [5, 5.41) is 22.2. The van der Waals surface area contributed by atoms with Crippen molar-refractivity contribution in [2.45, 2.75) is 124 Å². The quantitative estimate of drug-likeness (QED) is 0.513. The molecule has 0 aliphatic heterocycles. The Morgan fingerprint density at radius 3 is 2.37 bits per heavy atom. The van der Waals surface area contributed by atoms with Gasteiger partial charge in [-0.25, -0.2) is 0 Å². The van der Waals surface area contributed by atoms with Crippen LogP contribution in [0.15, 0.2) is 0 Å². The van der Waals surface area contributed by atoms with Crippen LogP contribution in [0.5, 0.6) is 0 Å². The van der Waals surface area contributed by atoms with E-state index in [0.29, 0.717) is 23.7 Å². The average Bonchev–Trinajstić information content (AvgIpc) is 3.01. The molecule has 2 heteroatoms. The Labute approximate surface area is 186 Å². The minimum Gasteiger partial charge on any atom is -0.393 e. The lowest BCUT2D eigenvalue weighted by Gasteiger charge is -2.66. The molecule has 0 aromatic heterocycles. The maximum atomic E-state index is 11.9. The maximum Gasteiger partial charge on any atom is 0.0753 e. The van der Waals surface area contributed by atoms with Crippen LogP contribution in [-0.2, 0) is 0 Å². The number of fused-ring (bicyclic) bond motifs is 5.